The standard InChI is InChI=1S/C19H24IN5O3/c1-10(2)11-7-15(27-3)12(20)8-14(11)28-16-9-23-19(24-17(16)21)25-18(26)13-5-4-6-22-13/h7-10,13,22H,4-6H2,1-3H3,(H3,21,23,24,25,26). The number of ether oxygens (including phenoxy) is 2. The normalized spacial score (nSPS) is 16.2. The lowest BCUT2D eigenvalue weighted by molar-refractivity contribution is -0.117. The lowest BCUT2D eigenvalue weighted by Crippen LogP contribution is -2.36. The summed E-state index contributed by atoms with van der Waals surface area (Å²) >= 11 is 2.19. The molecule has 150 valence electrons. The smallest absolute Gasteiger partial charge is 0.243 e. The maximum absolute atomic E-state index is 12.2. The molecule has 1 atom stereocenters. The summed E-state index contributed by atoms with van der Waals surface area (Å²) in [6.45, 7) is 4.99. The number of benzene rings is 1. The Bertz CT molecular complexity index is 869. The highest BCUT2D eigenvalue weighted by Crippen LogP contribution is 2.37. The van der Waals surface area contributed by atoms with Crippen LogP contribution in [0.25, 0.3) is 0 Å². The molecule has 9 heteroatoms. The third-order valence-corrected chi connectivity index (χ3v) is 5.36. The van der Waals surface area contributed by atoms with Crippen molar-refractivity contribution in [2.75, 3.05) is 24.7 Å². The maximum Gasteiger partial charge on any atom is 0.243 e. The summed E-state index contributed by atoms with van der Waals surface area (Å²) in [5.74, 6) is 2.18. The van der Waals surface area contributed by atoms with E-state index in [9.17, 15) is 4.79 Å². The minimum atomic E-state index is -0.212. The number of methoxy groups -OCH3 is 1. The van der Waals surface area contributed by atoms with Gasteiger partial charge in [-0.15, -0.1) is 0 Å². The molecule has 2 heterocycles. The van der Waals surface area contributed by atoms with Crippen molar-refractivity contribution in [1.29, 1.82) is 0 Å². The Morgan fingerprint density at radius 3 is 2.75 bits per heavy atom. The molecule has 1 aromatic heterocycles. The first-order valence-electron chi connectivity index (χ1n) is 9.11. The van der Waals surface area contributed by atoms with E-state index >= 15 is 0 Å². The molecule has 1 fully saturated rings. The topological polar surface area (TPSA) is 111 Å². The first kappa shape index (κ1) is 20.6. The minimum Gasteiger partial charge on any atom is -0.496 e. The summed E-state index contributed by atoms with van der Waals surface area (Å²) in [5.41, 5.74) is 7.04. The van der Waals surface area contributed by atoms with Crippen LogP contribution in [0.3, 0.4) is 0 Å². The van der Waals surface area contributed by atoms with E-state index < -0.39 is 0 Å². The van der Waals surface area contributed by atoms with E-state index in [0.29, 0.717) is 11.5 Å². The predicted molar refractivity (Wildman–Crippen MR) is 116 cm³/mol. The van der Waals surface area contributed by atoms with Crippen LogP contribution in [0.4, 0.5) is 11.8 Å². The van der Waals surface area contributed by atoms with Gasteiger partial charge >= 0.3 is 0 Å². The maximum atomic E-state index is 12.2. The fourth-order valence-electron chi connectivity index (χ4n) is 2.99. The second-order valence-electron chi connectivity index (χ2n) is 6.86. The molecule has 28 heavy (non-hydrogen) atoms. The van der Waals surface area contributed by atoms with Gasteiger partial charge in [0.15, 0.2) is 11.6 Å². The summed E-state index contributed by atoms with van der Waals surface area (Å²) in [5, 5.41) is 5.82. The molecular weight excluding hydrogens is 473 g/mol. The minimum absolute atomic E-state index is 0.155. The van der Waals surface area contributed by atoms with Gasteiger partial charge in [0.1, 0.15) is 11.5 Å². The highest BCUT2D eigenvalue weighted by molar-refractivity contribution is 14.1. The van der Waals surface area contributed by atoms with Crippen molar-refractivity contribution in [2.45, 2.75) is 38.6 Å². The molecule has 1 aliphatic rings. The van der Waals surface area contributed by atoms with Gasteiger partial charge in [-0.2, -0.15) is 4.98 Å². The second kappa shape index (κ2) is 8.91. The molecule has 1 unspecified atom stereocenters. The largest absolute Gasteiger partial charge is 0.496 e. The fraction of sp³-hybridized carbons (Fsp3) is 0.421. The van der Waals surface area contributed by atoms with Crippen molar-refractivity contribution in [3.8, 4) is 17.2 Å². The van der Waals surface area contributed by atoms with Gasteiger partial charge in [0.05, 0.1) is 22.9 Å². The molecule has 1 aliphatic heterocycles. The van der Waals surface area contributed by atoms with Crippen LogP contribution in [0.5, 0.6) is 17.2 Å². The Balaban J connectivity index is 1.79. The first-order valence-corrected chi connectivity index (χ1v) is 10.2. The molecule has 3 rings (SSSR count). The van der Waals surface area contributed by atoms with E-state index in [4.69, 9.17) is 15.2 Å². The fourth-order valence-corrected chi connectivity index (χ4v) is 3.65. The SMILES string of the molecule is COc1cc(C(C)C)c(Oc2cnc(NC(=O)C3CCCN3)nc2N)cc1I. The summed E-state index contributed by atoms with van der Waals surface area (Å²) in [7, 11) is 1.64. The number of amides is 1. The number of nitrogens with one attached hydrogen (secondary N) is 2. The van der Waals surface area contributed by atoms with E-state index in [0.717, 1.165) is 34.3 Å². The van der Waals surface area contributed by atoms with Gasteiger partial charge in [-0.05, 0) is 60.0 Å². The van der Waals surface area contributed by atoms with Crippen LogP contribution in [0.15, 0.2) is 18.3 Å². The number of hydrogen-bond acceptors (Lipinski definition) is 7. The number of carbonyl (C=O) groups excluding carboxylic acids is 1. The van der Waals surface area contributed by atoms with Crippen molar-refractivity contribution in [1.82, 2.24) is 15.3 Å². The summed E-state index contributed by atoms with van der Waals surface area (Å²) in [4.78, 5) is 20.5. The summed E-state index contributed by atoms with van der Waals surface area (Å²) in [6.07, 6.45) is 3.25. The third kappa shape index (κ3) is 4.64. The zero-order valence-electron chi connectivity index (χ0n) is 16.1. The number of nitrogens with two attached hydrogens (primary N) is 1. The molecule has 0 bridgehead atoms. The average molecular weight is 497 g/mol. The van der Waals surface area contributed by atoms with E-state index in [2.05, 4.69) is 57.0 Å². The zero-order valence-corrected chi connectivity index (χ0v) is 18.2. The number of carbonyl (C=O) groups is 1. The Kier molecular flexibility index (Phi) is 6.55. The Hall–Kier alpha value is -2.14. The second-order valence-corrected chi connectivity index (χ2v) is 8.02. The number of nitrogens with zero attached hydrogens (tertiary/aromatic N) is 2. The number of anilines is 2. The zero-order chi connectivity index (χ0) is 20.3. The van der Waals surface area contributed by atoms with E-state index in [-0.39, 0.29) is 29.6 Å². The van der Waals surface area contributed by atoms with Gasteiger partial charge in [-0.3, -0.25) is 10.1 Å². The van der Waals surface area contributed by atoms with E-state index in [1.165, 1.54) is 6.20 Å². The van der Waals surface area contributed by atoms with Gasteiger partial charge < -0.3 is 20.5 Å². The number of rotatable bonds is 6. The first-order chi connectivity index (χ1) is 13.4. The molecule has 0 aliphatic carbocycles. The molecule has 1 amide bonds. The number of halogens is 1. The van der Waals surface area contributed by atoms with Crippen molar-refractivity contribution in [2.24, 2.45) is 0 Å². The van der Waals surface area contributed by atoms with Gasteiger partial charge in [-0.1, -0.05) is 13.8 Å². The molecule has 4 N–H and O–H groups in total. The molecule has 2 aromatic rings. The molecule has 1 saturated heterocycles. The van der Waals surface area contributed by atoms with Crippen molar-refractivity contribution in [3.05, 3.63) is 27.5 Å². The van der Waals surface area contributed by atoms with E-state index in [1.54, 1.807) is 7.11 Å². The molecule has 0 spiro atoms. The highest BCUT2D eigenvalue weighted by Gasteiger charge is 2.23. The van der Waals surface area contributed by atoms with E-state index in [1.807, 2.05) is 12.1 Å². The van der Waals surface area contributed by atoms with Crippen LogP contribution in [-0.2, 0) is 4.79 Å². The lowest BCUT2D eigenvalue weighted by Gasteiger charge is -2.17. The number of hydrogen-bond donors (Lipinski definition) is 3. The Morgan fingerprint density at radius 1 is 1.36 bits per heavy atom. The molecule has 0 saturated carbocycles. The Labute approximate surface area is 177 Å². The van der Waals surface area contributed by atoms with Crippen LogP contribution in [0.2, 0.25) is 0 Å². The van der Waals surface area contributed by atoms with Crippen molar-refractivity contribution in [3.63, 3.8) is 0 Å². The van der Waals surface area contributed by atoms with Gasteiger partial charge in [-0.25, -0.2) is 4.98 Å². The molecule has 8 nitrogen and oxygen atoms in total. The lowest BCUT2D eigenvalue weighted by atomic mass is 10.0. The van der Waals surface area contributed by atoms with Gasteiger partial charge in [0, 0.05) is 5.56 Å². The van der Waals surface area contributed by atoms with Crippen LogP contribution in [0.1, 0.15) is 38.2 Å². The molecular formula is C19H24IN5O3. The Morgan fingerprint density at radius 2 is 2.14 bits per heavy atom. The predicted octanol–water partition coefficient (Wildman–Crippen LogP) is 3.28. The molecule has 1 aromatic carbocycles. The number of aromatic nitrogens is 2. The quantitative estimate of drug-likeness (QED) is 0.526. The van der Waals surface area contributed by atoms with Crippen molar-refractivity contribution < 1.29 is 14.3 Å². The monoisotopic (exact) mass is 497 g/mol. The van der Waals surface area contributed by atoms with Crippen LogP contribution < -0.4 is 25.8 Å². The van der Waals surface area contributed by atoms with Crippen LogP contribution in [0, 0.1) is 3.57 Å². The summed E-state index contributed by atoms with van der Waals surface area (Å²) < 4.78 is 12.3. The molecule has 0 radical (unpaired) electrons. The highest BCUT2D eigenvalue weighted by atomic mass is 127. The van der Waals surface area contributed by atoms with Crippen LogP contribution in [-0.4, -0.2) is 35.6 Å². The van der Waals surface area contributed by atoms with Crippen LogP contribution >= 0.6 is 22.6 Å². The third-order valence-electron chi connectivity index (χ3n) is 4.52. The average Bonchev–Trinajstić information content (AvgIpc) is 3.18. The number of nitrogen functional groups attached to an aromatic ring is 1. The van der Waals surface area contributed by atoms with Gasteiger partial charge in [0.25, 0.3) is 0 Å². The van der Waals surface area contributed by atoms with Crippen molar-refractivity contribution >= 4 is 40.3 Å². The summed E-state index contributed by atoms with van der Waals surface area (Å²) in [6, 6.07) is 3.65. The van der Waals surface area contributed by atoms with Gasteiger partial charge in [0.2, 0.25) is 11.9 Å².